The molecule has 4 heteroatoms. The Bertz CT molecular complexity index is 513. The average Bonchev–Trinajstić information content (AvgIpc) is 2.35. The van der Waals surface area contributed by atoms with Crippen LogP contribution < -0.4 is 4.74 Å². The van der Waals surface area contributed by atoms with E-state index in [4.69, 9.17) is 16.3 Å². The molecule has 0 spiro atoms. The minimum Gasteiger partial charge on any atom is -0.497 e. The molecule has 88 valence electrons. The first-order chi connectivity index (χ1) is 8.19. The van der Waals surface area contributed by atoms with Crippen LogP contribution in [0.15, 0.2) is 52.3 Å². The molecule has 0 bridgehead atoms. The number of hydrogen-bond acceptors (Lipinski definition) is 2. The highest BCUT2D eigenvalue weighted by Crippen LogP contribution is 2.30. The first kappa shape index (κ1) is 12.3. The van der Waals surface area contributed by atoms with Gasteiger partial charge in [-0.05, 0) is 42.5 Å². The van der Waals surface area contributed by atoms with Gasteiger partial charge >= 0.3 is 0 Å². The van der Waals surface area contributed by atoms with Crippen LogP contribution in [-0.2, 0) is 0 Å². The summed E-state index contributed by atoms with van der Waals surface area (Å²) in [4.78, 5) is 1.84. The first-order valence-electron chi connectivity index (χ1n) is 4.96. The van der Waals surface area contributed by atoms with Crippen LogP contribution in [0.5, 0.6) is 5.75 Å². The fraction of sp³-hybridized carbons (Fsp3) is 0.0769. The summed E-state index contributed by atoms with van der Waals surface area (Å²) in [5.41, 5.74) is 0. The van der Waals surface area contributed by atoms with Crippen molar-refractivity contribution in [2.24, 2.45) is 0 Å². The van der Waals surface area contributed by atoms with Gasteiger partial charge in [-0.2, -0.15) is 0 Å². The summed E-state index contributed by atoms with van der Waals surface area (Å²) in [6.45, 7) is 0. The van der Waals surface area contributed by atoms with Crippen molar-refractivity contribution < 1.29 is 9.13 Å². The summed E-state index contributed by atoms with van der Waals surface area (Å²) in [6, 6.07) is 12.4. The lowest BCUT2D eigenvalue weighted by atomic mass is 10.3. The van der Waals surface area contributed by atoms with E-state index in [-0.39, 0.29) is 5.02 Å². The van der Waals surface area contributed by atoms with Gasteiger partial charge in [0.15, 0.2) is 0 Å². The zero-order valence-electron chi connectivity index (χ0n) is 9.11. The minimum atomic E-state index is -0.398. The van der Waals surface area contributed by atoms with E-state index in [1.54, 1.807) is 19.2 Å². The third-order valence-electron chi connectivity index (χ3n) is 2.19. The molecule has 0 atom stereocenters. The number of ether oxygens (including phenoxy) is 1. The molecule has 2 aromatic carbocycles. The summed E-state index contributed by atoms with van der Waals surface area (Å²) < 4.78 is 18.3. The van der Waals surface area contributed by atoms with Crippen LogP contribution in [0.4, 0.5) is 4.39 Å². The van der Waals surface area contributed by atoms with Crippen LogP contribution in [0.2, 0.25) is 5.02 Å². The molecule has 17 heavy (non-hydrogen) atoms. The SMILES string of the molecule is COc1ccc(Sc2ccc(Cl)c(F)c2)cc1. The third-order valence-corrected chi connectivity index (χ3v) is 3.49. The van der Waals surface area contributed by atoms with Crippen molar-refractivity contribution in [3.8, 4) is 5.75 Å². The monoisotopic (exact) mass is 268 g/mol. The van der Waals surface area contributed by atoms with Gasteiger partial charge < -0.3 is 4.74 Å². The van der Waals surface area contributed by atoms with Crippen LogP contribution in [0.3, 0.4) is 0 Å². The van der Waals surface area contributed by atoms with Crippen LogP contribution in [-0.4, -0.2) is 7.11 Å². The van der Waals surface area contributed by atoms with Crippen molar-refractivity contribution in [2.75, 3.05) is 7.11 Å². The van der Waals surface area contributed by atoms with Crippen LogP contribution >= 0.6 is 23.4 Å². The summed E-state index contributed by atoms with van der Waals surface area (Å²) in [5.74, 6) is 0.404. The number of halogens is 2. The second-order valence-corrected chi connectivity index (χ2v) is 4.91. The van der Waals surface area contributed by atoms with E-state index in [1.807, 2.05) is 24.3 Å². The number of rotatable bonds is 3. The van der Waals surface area contributed by atoms with Crippen LogP contribution in [0.1, 0.15) is 0 Å². The van der Waals surface area contributed by atoms with E-state index in [2.05, 4.69) is 0 Å². The normalized spacial score (nSPS) is 10.3. The van der Waals surface area contributed by atoms with E-state index in [0.29, 0.717) is 0 Å². The summed E-state index contributed by atoms with van der Waals surface area (Å²) in [5, 5.41) is 0.143. The molecule has 1 nitrogen and oxygen atoms in total. The van der Waals surface area contributed by atoms with Crippen molar-refractivity contribution in [2.45, 2.75) is 9.79 Å². The van der Waals surface area contributed by atoms with E-state index in [0.717, 1.165) is 15.5 Å². The van der Waals surface area contributed by atoms with E-state index in [9.17, 15) is 4.39 Å². The summed E-state index contributed by atoms with van der Waals surface area (Å²) >= 11 is 7.10. The van der Waals surface area contributed by atoms with Crippen molar-refractivity contribution in [3.63, 3.8) is 0 Å². The Labute approximate surface area is 109 Å². The van der Waals surface area contributed by atoms with Crippen molar-refractivity contribution in [1.82, 2.24) is 0 Å². The molecular formula is C13H10ClFOS. The van der Waals surface area contributed by atoms with Gasteiger partial charge in [0.25, 0.3) is 0 Å². The fourth-order valence-corrected chi connectivity index (χ4v) is 2.28. The maximum atomic E-state index is 13.2. The third kappa shape index (κ3) is 3.14. The summed E-state index contributed by atoms with van der Waals surface area (Å²) in [6.07, 6.45) is 0. The van der Waals surface area contributed by atoms with Crippen molar-refractivity contribution in [3.05, 3.63) is 53.3 Å². The topological polar surface area (TPSA) is 9.23 Å². The number of hydrogen-bond donors (Lipinski definition) is 0. The molecule has 0 aliphatic heterocycles. The van der Waals surface area contributed by atoms with Gasteiger partial charge in [-0.15, -0.1) is 0 Å². The largest absolute Gasteiger partial charge is 0.497 e. The molecule has 0 aromatic heterocycles. The van der Waals surface area contributed by atoms with E-state index in [1.165, 1.54) is 17.8 Å². The Morgan fingerprint density at radius 3 is 2.29 bits per heavy atom. The van der Waals surface area contributed by atoms with Gasteiger partial charge in [-0.3, -0.25) is 0 Å². The smallest absolute Gasteiger partial charge is 0.142 e. The average molecular weight is 269 g/mol. The predicted octanol–water partition coefficient (Wildman–Crippen LogP) is 4.64. The zero-order chi connectivity index (χ0) is 12.3. The van der Waals surface area contributed by atoms with E-state index >= 15 is 0 Å². The quantitative estimate of drug-likeness (QED) is 0.802. The maximum Gasteiger partial charge on any atom is 0.142 e. The molecule has 0 heterocycles. The van der Waals surface area contributed by atoms with Crippen LogP contribution in [0, 0.1) is 5.82 Å². The second kappa shape index (κ2) is 5.43. The molecule has 0 fully saturated rings. The highest BCUT2D eigenvalue weighted by Gasteiger charge is 2.03. The minimum absolute atomic E-state index is 0.143. The van der Waals surface area contributed by atoms with Crippen LogP contribution in [0.25, 0.3) is 0 Å². The standard InChI is InChI=1S/C13H10ClFOS/c1-16-9-2-4-10(5-3-9)17-11-6-7-12(14)13(15)8-11/h2-8H,1H3. The molecule has 0 saturated heterocycles. The molecule has 0 amide bonds. The highest BCUT2D eigenvalue weighted by molar-refractivity contribution is 7.99. The Balaban J connectivity index is 2.16. The van der Waals surface area contributed by atoms with Crippen molar-refractivity contribution in [1.29, 1.82) is 0 Å². The molecule has 0 saturated carbocycles. The summed E-state index contributed by atoms with van der Waals surface area (Å²) in [7, 11) is 1.62. The molecule has 0 aliphatic rings. The van der Waals surface area contributed by atoms with Gasteiger partial charge in [0.1, 0.15) is 11.6 Å². The second-order valence-electron chi connectivity index (χ2n) is 3.35. The Morgan fingerprint density at radius 1 is 1.06 bits per heavy atom. The highest BCUT2D eigenvalue weighted by atomic mass is 35.5. The molecule has 0 N–H and O–H groups in total. The molecular weight excluding hydrogens is 259 g/mol. The van der Waals surface area contributed by atoms with Gasteiger partial charge in [0.2, 0.25) is 0 Å². The molecule has 0 radical (unpaired) electrons. The Hall–Kier alpha value is -1.19. The van der Waals surface area contributed by atoms with Gasteiger partial charge in [0, 0.05) is 9.79 Å². The van der Waals surface area contributed by atoms with Crippen molar-refractivity contribution >= 4 is 23.4 Å². The van der Waals surface area contributed by atoms with Gasteiger partial charge in [-0.25, -0.2) is 4.39 Å². The number of methoxy groups -OCH3 is 1. The zero-order valence-corrected chi connectivity index (χ0v) is 10.7. The Kier molecular flexibility index (Phi) is 3.92. The Morgan fingerprint density at radius 2 is 1.71 bits per heavy atom. The molecule has 0 unspecified atom stereocenters. The molecule has 2 rings (SSSR count). The van der Waals surface area contributed by atoms with Gasteiger partial charge in [-0.1, -0.05) is 23.4 Å². The lowest BCUT2D eigenvalue weighted by molar-refractivity contribution is 0.414. The number of benzene rings is 2. The molecule has 2 aromatic rings. The van der Waals surface area contributed by atoms with Gasteiger partial charge in [0.05, 0.1) is 12.1 Å². The lowest BCUT2D eigenvalue weighted by Gasteiger charge is -2.04. The molecule has 0 aliphatic carbocycles. The maximum absolute atomic E-state index is 13.2. The predicted molar refractivity (Wildman–Crippen MR) is 68.5 cm³/mol. The lowest BCUT2D eigenvalue weighted by Crippen LogP contribution is -1.82. The fourth-order valence-electron chi connectivity index (χ4n) is 1.32. The first-order valence-corrected chi connectivity index (χ1v) is 6.15. The van der Waals surface area contributed by atoms with E-state index < -0.39 is 5.82 Å².